The molecule has 7 rings (SSSR count). The number of amides is 4. The lowest BCUT2D eigenvalue weighted by Crippen LogP contribution is -2.51. The van der Waals surface area contributed by atoms with Crippen molar-refractivity contribution in [1.29, 1.82) is 0 Å². The quantitative estimate of drug-likeness (QED) is 0.0830. The molecule has 0 radical (unpaired) electrons. The number of carboxylic acid groups (broad SMARTS) is 1. The molecule has 2 aliphatic heterocycles. The number of benzene rings is 2. The van der Waals surface area contributed by atoms with E-state index < -0.39 is 30.2 Å². The number of fused-ring (bicyclic) bond motifs is 1. The van der Waals surface area contributed by atoms with Crippen LogP contribution in [-0.2, 0) is 23.9 Å². The zero-order valence-corrected chi connectivity index (χ0v) is 36.7. The van der Waals surface area contributed by atoms with Crippen LogP contribution in [0.15, 0.2) is 48.8 Å². The van der Waals surface area contributed by atoms with Gasteiger partial charge in [0.15, 0.2) is 0 Å². The second-order valence-corrected chi connectivity index (χ2v) is 16.2. The van der Waals surface area contributed by atoms with Gasteiger partial charge in [0, 0.05) is 31.1 Å². The molecule has 0 bridgehead atoms. The molecule has 2 saturated heterocycles. The smallest absolute Gasteiger partial charge is 0.407 e. The van der Waals surface area contributed by atoms with E-state index in [2.05, 4.69) is 34.3 Å². The Labute approximate surface area is 363 Å². The normalized spacial score (nSPS) is 16.9. The molecule has 0 spiro atoms. The number of aliphatic carboxylic acids is 1. The molecule has 2 fully saturated rings. The summed E-state index contributed by atoms with van der Waals surface area (Å²) < 4.78 is 18.9. The van der Waals surface area contributed by atoms with Crippen LogP contribution in [0.2, 0.25) is 0 Å². The topological polar surface area (TPSA) is 273 Å². The summed E-state index contributed by atoms with van der Waals surface area (Å²) in [4.78, 5) is 80.1. The fraction of sp³-hybridized carbons (Fsp3) is 0.452. The molecular weight excluding hydrogens is 819 g/mol. The van der Waals surface area contributed by atoms with Gasteiger partial charge in [0.1, 0.15) is 34.8 Å². The maximum Gasteiger partial charge on any atom is 0.407 e. The van der Waals surface area contributed by atoms with Crippen molar-refractivity contribution in [1.82, 2.24) is 55.3 Å². The molecule has 2 aromatic carbocycles. The van der Waals surface area contributed by atoms with E-state index in [4.69, 9.17) is 24.4 Å². The molecule has 8 N–H and O–H groups in total. The van der Waals surface area contributed by atoms with Crippen LogP contribution < -0.4 is 16.8 Å². The zero-order chi connectivity index (χ0) is 44.0. The third kappa shape index (κ3) is 10.2. The monoisotopic (exact) mass is 873 g/mol. The molecule has 4 amide bonds. The first kappa shape index (κ1) is 46.7. The molecule has 0 unspecified atom stereocenters. The maximum atomic E-state index is 13.6. The summed E-state index contributed by atoms with van der Waals surface area (Å²) in [6, 6.07) is 10.3. The summed E-state index contributed by atoms with van der Waals surface area (Å²) in [7, 11) is 2.57. The van der Waals surface area contributed by atoms with Crippen LogP contribution in [-0.4, -0.2) is 113 Å². The number of carbonyl (C=O) groups is 5. The summed E-state index contributed by atoms with van der Waals surface area (Å²) in [5, 5.41) is 12.8. The molecular formula is C42H55N11O8S. The van der Waals surface area contributed by atoms with Crippen LogP contribution in [0.5, 0.6) is 0 Å². The molecule has 332 valence electrons. The molecule has 19 nitrogen and oxygen atoms in total. The number of nitrogens with one attached hydrogen (secondary N) is 4. The van der Waals surface area contributed by atoms with Gasteiger partial charge in [0.2, 0.25) is 11.8 Å². The highest BCUT2D eigenvalue weighted by Gasteiger charge is 2.39. The minimum Gasteiger partial charge on any atom is -0.481 e. The summed E-state index contributed by atoms with van der Waals surface area (Å²) in [6.07, 6.45) is 5.46. The lowest BCUT2D eigenvalue weighted by atomic mass is 9.99. The van der Waals surface area contributed by atoms with Gasteiger partial charge < -0.3 is 51.1 Å². The standard InChI is InChI=1S/C40H48N10O6S.C2H4O2.H3N/c1-21(2)31(45-39(53)55-5)37(51)49-17-7-9-29(49)35-41-19-27(43-35)24-13-11-23(12-14-24)25-15-16-26(34-33(25)47-57-48-34)28-20-42-36(44-28)30-10-8-18-50(30)38(52)32(22(3)4)46-40(54)56-6;1-2(3)4;/h11-16,19-22,29-32H,7-10,17-18H2,1-6H3,(H,41,43)(H,42,44)(H,45,53)(H,46,54);1H3,(H,3,4);1H3/t29-,30-,31-,32-;;/m0../s1. The van der Waals surface area contributed by atoms with Crippen molar-refractivity contribution in [2.75, 3.05) is 27.3 Å². The highest BCUT2D eigenvalue weighted by atomic mass is 32.1. The Morgan fingerprint density at radius 2 is 1.13 bits per heavy atom. The Kier molecular flexibility index (Phi) is 15.4. The highest BCUT2D eigenvalue weighted by molar-refractivity contribution is 7.00. The first-order valence-electron chi connectivity index (χ1n) is 20.2. The number of likely N-dealkylation sites (tertiary alicyclic amines) is 2. The minimum absolute atomic E-state index is 0. The third-order valence-electron chi connectivity index (χ3n) is 10.9. The number of alkyl carbamates (subject to hydrolysis) is 2. The molecule has 4 atom stereocenters. The number of H-pyrrole nitrogens is 2. The molecule has 62 heavy (non-hydrogen) atoms. The molecule has 0 saturated carbocycles. The predicted molar refractivity (Wildman–Crippen MR) is 232 cm³/mol. The van der Waals surface area contributed by atoms with Crippen LogP contribution in [0.3, 0.4) is 0 Å². The fourth-order valence-electron chi connectivity index (χ4n) is 7.83. The first-order chi connectivity index (χ1) is 29.2. The minimum atomic E-state index is -0.833. The number of rotatable bonds is 11. The summed E-state index contributed by atoms with van der Waals surface area (Å²) in [6.45, 7) is 9.80. The van der Waals surface area contributed by atoms with Crippen LogP contribution in [0.1, 0.15) is 84.0 Å². The van der Waals surface area contributed by atoms with Gasteiger partial charge in [-0.15, -0.1) is 0 Å². The van der Waals surface area contributed by atoms with Crippen molar-refractivity contribution >= 4 is 52.7 Å². The SMILES string of the molecule is CC(=O)O.COC(=O)N[C@H](C(=O)N1CCC[C@H]1c1ncc(-c2ccc(-c3ccc(-c4cnc([C@@H]5CCCN5C(=O)[C@@H](NC(=O)OC)C(C)C)[nH]4)c4nsnc34)cc2)[nH]1)C(C)C.N. The number of carboxylic acids is 1. The van der Waals surface area contributed by atoms with Crippen molar-refractivity contribution in [3.8, 4) is 33.6 Å². The van der Waals surface area contributed by atoms with Crippen molar-refractivity contribution in [2.24, 2.45) is 11.8 Å². The summed E-state index contributed by atoms with van der Waals surface area (Å²) >= 11 is 1.14. The van der Waals surface area contributed by atoms with E-state index in [9.17, 15) is 19.2 Å². The van der Waals surface area contributed by atoms with Crippen molar-refractivity contribution in [3.05, 3.63) is 60.4 Å². The van der Waals surface area contributed by atoms with Crippen molar-refractivity contribution in [3.63, 3.8) is 0 Å². The molecule has 5 heterocycles. The van der Waals surface area contributed by atoms with Gasteiger partial charge in [-0.1, -0.05) is 58.0 Å². The Balaban J connectivity index is 0.00000139. The van der Waals surface area contributed by atoms with E-state index in [-0.39, 0.29) is 41.9 Å². The number of ether oxygens (including phenoxy) is 2. The number of aromatic amines is 2. The Bertz CT molecular complexity index is 2350. The van der Waals surface area contributed by atoms with Crippen LogP contribution >= 0.6 is 11.7 Å². The van der Waals surface area contributed by atoms with Crippen molar-refractivity contribution in [2.45, 2.75) is 84.5 Å². The molecule has 0 aliphatic carbocycles. The molecule has 2 aliphatic rings. The second kappa shape index (κ2) is 20.4. The number of aromatic nitrogens is 6. The average molecular weight is 874 g/mol. The van der Waals surface area contributed by atoms with E-state index in [1.54, 1.807) is 22.2 Å². The van der Waals surface area contributed by atoms with Gasteiger partial charge in [-0.25, -0.2) is 19.6 Å². The summed E-state index contributed by atoms with van der Waals surface area (Å²) in [5.74, 6) is -0.0101. The average Bonchev–Trinajstić information content (AvgIpc) is 4.10. The number of imidazole rings is 2. The van der Waals surface area contributed by atoms with Crippen LogP contribution in [0, 0.1) is 11.8 Å². The van der Waals surface area contributed by atoms with E-state index in [0.717, 1.165) is 89.0 Å². The van der Waals surface area contributed by atoms with Gasteiger partial charge in [-0.3, -0.25) is 14.4 Å². The van der Waals surface area contributed by atoms with E-state index in [1.807, 2.05) is 64.1 Å². The third-order valence-corrected chi connectivity index (χ3v) is 11.4. The Hall–Kier alpha value is -6.41. The van der Waals surface area contributed by atoms with Crippen LogP contribution in [0.4, 0.5) is 9.59 Å². The largest absolute Gasteiger partial charge is 0.481 e. The van der Waals surface area contributed by atoms with Gasteiger partial charge in [0.05, 0.1) is 61.8 Å². The predicted octanol–water partition coefficient (Wildman–Crippen LogP) is 6.48. The maximum absolute atomic E-state index is 13.6. The fourth-order valence-corrected chi connectivity index (χ4v) is 8.40. The number of nitrogens with zero attached hydrogens (tertiary/aromatic N) is 6. The van der Waals surface area contributed by atoms with Crippen LogP contribution in [0.25, 0.3) is 44.7 Å². The van der Waals surface area contributed by atoms with Gasteiger partial charge in [-0.05, 0) is 54.7 Å². The Morgan fingerprint density at radius 1 is 0.710 bits per heavy atom. The lowest BCUT2D eigenvalue weighted by molar-refractivity contribution is -0.136. The second-order valence-electron chi connectivity index (χ2n) is 15.7. The van der Waals surface area contributed by atoms with Gasteiger partial charge >= 0.3 is 12.2 Å². The number of methoxy groups -OCH3 is 2. The zero-order valence-electron chi connectivity index (χ0n) is 35.9. The van der Waals surface area contributed by atoms with Gasteiger partial charge in [0.25, 0.3) is 5.97 Å². The molecule has 5 aromatic rings. The van der Waals surface area contributed by atoms with E-state index in [0.29, 0.717) is 24.7 Å². The van der Waals surface area contributed by atoms with Crippen molar-refractivity contribution < 1.29 is 38.6 Å². The number of hydrogen-bond acceptors (Lipinski definition) is 13. The van der Waals surface area contributed by atoms with Gasteiger partial charge in [-0.2, -0.15) is 8.75 Å². The molecule has 20 heteroatoms. The Morgan fingerprint density at radius 3 is 1.60 bits per heavy atom. The van der Waals surface area contributed by atoms with E-state index in [1.165, 1.54) is 14.2 Å². The summed E-state index contributed by atoms with van der Waals surface area (Å²) in [5.41, 5.74) is 6.81. The lowest BCUT2D eigenvalue weighted by Gasteiger charge is -2.30. The highest BCUT2D eigenvalue weighted by Crippen LogP contribution is 2.38. The number of hydrogen-bond donors (Lipinski definition) is 6. The molecule has 3 aromatic heterocycles. The first-order valence-corrected chi connectivity index (χ1v) is 20.9. The van der Waals surface area contributed by atoms with E-state index >= 15 is 0 Å². The number of carbonyl (C=O) groups excluding carboxylic acids is 4.